The molecule has 0 radical (unpaired) electrons. The van der Waals surface area contributed by atoms with Crippen molar-refractivity contribution in [1.82, 2.24) is 0 Å². The highest BCUT2D eigenvalue weighted by molar-refractivity contribution is 8.23. The lowest BCUT2D eigenvalue weighted by Crippen LogP contribution is -2.17. The molecule has 1 rings (SSSR count). The van der Waals surface area contributed by atoms with Crippen molar-refractivity contribution in [3.63, 3.8) is 0 Å². The Morgan fingerprint density at radius 2 is 1.85 bits per heavy atom. The van der Waals surface area contributed by atoms with Gasteiger partial charge in [-0.05, 0) is 19.4 Å². The zero-order valence-corrected chi connectivity index (χ0v) is 9.41. The molecule has 1 aromatic carbocycles. The van der Waals surface area contributed by atoms with Gasteiger partial charge in [-0.1, -0.05) is 54.3 Å². The Kier molecular flexibility index (Phi) is 3.33. The predicted octanol–water partition coefficient (Wildman–Crippen LogP) is 2.90. The number of thiocarbonyl (C=S) groups is 1. The van der Waals surface area contributed by atoms with Crippen LogP contribution < -0.4 is 5.73 Å². The molecule has 0 saturated carbocycles. The topological polar surface area (TPSA) is 26.0 Å². The molecule has 0 atom stereocenters. The van der Waals surface area contributed by atoms with Crippen LogP contribution in [0.2, 0.25) is 0 Å². The average molecular weight is 211 g/mol. The first-order chi connectivity index (χ1) is 6.02. The lowest BCUT2D eigenvalue weighted by Gasteiger charge is -2.23. The van der Waals surface area contributed by atoms with E-state index < -0.39 is 0 Å². The molecule has 0 heterocycles. The molecule has 0 amide bonds. The van der Waals surface area contributed by atoms with Crippen LogP contribution in [0.15, 0.2) is 30.3 Å². The summed E-state index contributed by atoms with van der Waals surface area (Å²) in [6.45, 7) is 4.23. The van der Waals surface area contributed by atoms with Gasteiger partial charge in [-0.3, -0.25) is 0 Å². The molecule has 0 fully saturated rings. The number of thioether (sulfide) groups is 1. The molecule has 0 aromatic heterocycles. The van der Waals surface area contributed by atoms with Gasteiger partial charge in [0.15, 0.2) is 0 Å². The van der Waals surface area contributed by atoms with E-state index in [-0.39, 0.29) is 4.75 Å². The van der Waals surface area contributed by atoms with Crippen LogP contribution >= 0.6 is 24.0 Å². The van der Waals surface area contributed by atoms with Crippen LogP contribution in [-0.2, 0) is 4.75 Å². The Labute approximate surface area is 88.7 Å². The third kappa shape index (κ3) is 3.01. The Balaban J connectivity index is 2.87. The molecular weight excluding hydrogens is 198 g/mol. The van der Waals surface area contributed by atoms with E-state index in [0.717, 1.165) is 0 Å². The number of benzene rings is 1. The van der Waals surface area contributed by atoms with E-state index in [1.54, 1.807) is 0 Å². The Bertz CT molecular complexity index is 293. The minimum absolute atomic E-state index is 0.0346. The highest BCUT2D eigenvalue weighted by Crippen LogP contribution is 2.35. The van der Waals surface area contributed by atoms with Crippen LogP contribution in [0, 0.1) is 0 Å². The number of rotatable bonds is 2. The number of hydrogen-bond acceptors (Lipinski definition) is 2. The monoisotopic (exact) mass is 211 g/mol. The molecule has 0 aliphatic rings. The number of hydrogen-bond donors (Lipinski definition) is 1. The van der Waals surface area contributed by atoms with Crippen LogP contribution in [0.4, 0.5) is 0 Å². The maximum Gasteiger partial charge on any atom is 0.132 e. The normalized spacial score (nSPS) is 11.2. The minimum Gasteiger partial charge on any atom is -0.385 e. The zero-order chi connectivity index (χ0) is 9.90. The average Bonchev–Trinajstić information content (AvgIpc) is 2.04. The van der Waals surface area contributed by atoms with Gasteiger partial charge in [0, 0.05) is 4.75 Å². The smallest absolute Gasteiger partial charge is 0.132 e. The second-order valence-corrected chi connectivity index (χ2v) is 5.66. The summed E-state index contributed by atoms with van der Waals surface area (Å²) < 4.78 is 0.460. The second kappa shape index (κ2) is 4.11. The summed E-state index contributed by atoms with van der Waals surface area (Å²) in [6.07, 6.45) is 0. The SMILES string of the molecule is CC(C)(SC(N)=S)c1ccccc1. The molecule has 0 unspecified atom stereocenters. The predicted molar refractivity (Wildman–Crippen MR) is 63.8 cm³/mol. The van der Waals surface area contributed by atoms with E-state index in [0.29, 0.717) is 4.32 Å². The van der Waals surface area contributed by atoms with Gasteiger partial charge in [0.05, 0.1) is 0 Å². The van der Waals surface area contributed by atoms with Crippen molar-refractivity contribution in [2.45, 2.75) is 18.6 Å². The van der Waals surface area contributed by atoms with Gasteiger partial charge in [0.2, 0.25) is 0 Å². The summed E-state index contributed by atoms with van der Waals surface area (Å²) in [5, 5.41) is 0. The first-order valence-electron chi connectivity index (χ1n) is 4.06. The van der Waals surface area contributed by atoms with Crippen LogP contribution in [0.1, 0.15) is 19.4 Å². The molecule has 0 spiro atoms. The van der Waals surface area contributed by atoms with E-state index >= 15 is 0 Å². The lowest BCUT2D eigenvalue weighted by atomic mass is 10.0. The highest BCUT2D eigenvalue weighted by Gasteiger charge is 2.21. The maximum absolute atomic E-state index is 5.51. The Morgan fingerprint density at radius 1 is 1.31 bits per heavy atom. The van der Waals surface area contributed by atoms with E-state index in [4.69, 9.17) is 18.0 Å². The summed E-state index contributed by atoms with van der Waals surface area (Å²) in [7, 11) is 0. The van der Waals surface area contributed by atoms with E-state index in [2.05, 4.69) is 26.0 Å². The molecule has 1 nitrogen and oxygen atoms in total. The lowest BCUT2D eigenvalue weighted by molar-refractivity contribution is 0.788. The summed E-state index contributed by atoms with van der Waals surface area (Å²) in [5.74, 6) is 0. The van der Waals surface area contributed by atoms with Crippen molar-refractivity contribution in [1.29, 1.82) is 0 Å². The quantitative estimate of drug-likeness (QED) is 0.762. The second-order valence-electron chi connectivity index (χ2n) is 3.30. The van der Waals surface area contributed by atoms with Gasteiger partial charge in [-0.2, -0.15) is 0 Å². The van der Waals surface area contributed by atoms with Crippen molar-refractivity contribution < 1.29 is 0 Å². The summed E-state index contributed by atoms with van der Waals surface area (Å²) in [5.41, 5.74) is 6.75. The number of nitrogens with two attached hydrogens (primary N) is 1. The van der Waals surface area contributed by atoms with E-state index in [1.165, 1.54) is 17.3 Å². The fourth-order valence-corrected chi connectivity index (χ4v) is 2.53. The molecule has 2 N–H and O–H groups in total. The fraction of sp³-hybridized carbons (Fsp3) is 0.300. The van der Waals surface area contributed by atoms with Crippen molar-refractivity contribution in [2.24, 2.45) is 5.73 Å². The molecule has 0 aliphatic carbocycles. The van der Waals surface area contributed by atoms with Gasteiger partial charge in [0.1, 0.15) is 4.32 Å². The van der Waals surface area contributed by atoms with Gasteiger partial charge >= 0.3 is 0 Å². The van der Waals surface area contributed by atoms with Gasteiger partial charge in [-0.25, -0.2) is 0 Å². The molecule has 3 heteroatoms. The molecule has 0 aliphatic heterocycles. The molecule has 0 saturated heterocycles. The van der Waals surface area contributed by atoms with Crippen LogP contribution in [0.5, 0.6) is 0 Å². The zero-order valence-electron chi connectivity index (χ0n) is 7.78. The fourth-order valence-electron chi connectivity index (χ4n) is 1.15. The van der Waals surface area contributed by atoms with Crippen molar-refractivity contribution in [3.05, 3.63) is 35.9 Å². The first-order valence-corrected chi connectivity index (χ1v) is 5.29. The molecular formula is C10H13NS2. The van der Waals surface area contributed by atoms with Crippen molar-refractivity contribution in [3.8, 4) is 0 Å². The van der Waals surface area contributed by atoms with Crippen molar-refractivity contribution >= 4 is 28.3 Å². The Hall–Kier alpha value is -0.540. The first kappa shape index (κ1) is 10.5. The maximum atomic E-state index is 5.51. The van der Waals surface area contributed by atoms with Crippen LogP contribution in [0.25, 0.3) is 0 Å². The van der Waals surface area contributed by atoms with Gasteiger partial charge in [-0.15, -0.1) is 0 Å². The van der Waals surface area contributed by atoms with Gasteiger partial charge in [0.25, 0.3) is 0 Å². The van der Waals surface area contributed by atoms with Crippen LogP contribution in [-0.4, -0.2) is 4.32 Å². The van der Waals surface area contributed by atoms with Crippen molar-refractivity contribution in [2.75, 3.05) is 0 Å². The minimum atomic E-state index is -0.0346. The molecule has 13 heavy (non-hydrogen) atoms. The summed E-state index contributed by atoms with van der Waals surface area (Å²) >= 11 is 6.40. The summed E-state index contributed by atoms with van der Waals surface area (Å²) in [6, 6.07) is 10.2. The standard InChI is InChI=1S/C10H13NS2/c1-10(2,13-9(11)12)8-6-4-3-5-7-8/h3-7H,1-2H3,(H2,11,12). The largest absolute Gasteiger partial charge is 0.385 e. The van der Waals surface area contributed by atoms with E-state index in [9.17, 15) is 0 Å². The summed E-state index contributed by atoms with van der Waals surface area (Å²) in [4.78, 5) is 0. The highest BCUT2D eigenvalue weighted by atomic mass is 32.2. The van der Waals surface area contributed by atoms with Crippen LogP contribution in [0.3, 0.4) is 0 Å². The molecule has 70 valence electrons. The van der Waals surface area contributed by atoms with E-state index in [1.807, 2.05) is 18.2 Å². The van der Waals surface area contributed by atoms with Gasteiger partial charge < -0.3 is 5.73 Å². The Morgan fingerprint density at radius 3 is 2.31 bits per heavy atom. The third-order valence-electron chi connectivity index (χ3n) is 1.82. The molecule has 0 bridgehead atoms. The molecule has 1 aromatic rings. The third-order valence-corrected chi connectivity index (χ3v) is 3.02.